The molecule has 3 aromatic rings. The van der Waals surface area contributed by atoms with E-state index in [1.165, 1.54) is 40.5 Å². The zero-order chi connectivity index (χ0) is 23.5. The van der Waals surface area contributed by atoms with Gasteiger partial charge in [-0.15, -0.1) is 11.3 Å². The van der Waals surface area contributed by atoms with Crippen LogP contribution in [0.15, 0.2) is 32.8 Å². The number of fused-ring (bicyclic) bond motifs is 1. The second-order valence-electron chi connectivity index (χ2n) is 8.86. The summed E-state index contributed by atoms with van der Waals surface area (Å²) in [6.45, 7) is 7.75. The minimum atomic E-state index is -0.600. The van der Waals surface area contributed by atoms with Crippen LogP contribution in [-0.2, 0) is 17.9 Å². The number of thiazole rings is 1. The number of aromatic nitrogens is 2. The molecule has 0 unspecified atom stereocenters. The Hall–Kier alpha value is -3.05. The van der Waals surface area contributed by atoms with Crippen molar-refractivity contribution in [3.05, 3.63) is 49.9 Å². The van der Waals surface area contributed by atoms with Crippen molar-refractivity contribution in [3.63, 3.8) is 0 Å². The summed E-state index contributed by atoms with van der Waals surface area (Å²) in [5.41, 5.74) is 1.44. The van der Waals surface area contributed by atoms with E-state index in [1.54, 1.807) is 0 Å². The zero-order valence-electron chi connectivity index (χ0n) is 18.7. The fraction of sp³-hybridized carbons (Fsp3) is 0.500. The fourth-order valence-corrected chi connectivity index (χ4v) is 5.26. The third-order valence-corrected chi connectivity index (χ3v) is 6.58. The molecular formula is C22H27N5O5S. The summed E-state index contributed by atoms with van der Waals surface area (Å²) >= 11 is 1.41. The number of amides is 1. The van der Waals surface area contributed by atoms with Gasteiger partial charge < -0.3 is 9.73 Å². The van der Waals surface area contributed by atoms with E-state index in [0.717, 1.165) is 25.3 Å². The first-order chi connectivity index (χ1) is 15.8. The lowest BCUT2D eigenvalue weighted by Gasteiger charge is -2.34. The van der Waals surface area contributed by atoms with Crippen LogP contribution in [0.3, 0.4) is 0 Å². The van der Waals surface area contributed by atoms with Crippen LogP contribution in [0.4, 0.5) is 10.8 Å². The molecule has 1 N–H and O–H groups in total. The summed E-state index contributed by atoms with van der Waals surface area (Å²) in [5.74, 6) is 0.590. The normalized spacial score (nSPS) is 19.1. The number of carbonyl (C=O) groups excluding carboxylic acids is 1. The minimum Gasteiger partial charge on any atom is -0.407 e. The number of oxazole rings is 1. The first kappa shape index (κ1) is 23.1. The van der Waals surface area contributed by atoms with Gasteiger partial charge in [-0.2, -0.15) is 0 Å². The predicted octanol–water partition coefficient (Wildman–Crippen LogP) is 3.86. The molecule has 10 nitrogen and oxygen atoms in total. The average Bonchev–Trinajstić information content (AvgIpc) is 3.30. The van der Waals surface area contributed by atoms with Crippen LogP contribution < -0.4 is 11.1 Å². The van der Waals surface area contributed by atoms with Crippen LogP contribution in [0, 0.1) is 22.0 Å². The van der Waals surface area contributed by atoms with Gasteiger partial charge >= 0.3 is 5.76 Å². The number of hydrogen-bond acceptors (Lipinski definition) is 8. The molecule has 0 bridgehead atoms. The molecule has 0 spiro atoms. The van der Waals surface area contributed by atoms with Crippen molar-refractivity contribution in [2.75, 3.05) is 18.4 Å². The maximum absolute atomic E-state index is 12.4. The van der Waals surface area contributed by atoms with Gasteiger partial charge in [0, 0.05) is 44.0 Å². The summed E-state index contributed by atoms with van der Waals surface area (Å²) in [6.07, 6.45) is 1.89. The summed E-state index contributed by atoms with van der Waals surface area (Å²) < 4.78 is 6.49. The smallest absolute Gasteiger partial charge is 0.407 e. The number of nitro benzene ring substituents is 1. The fourth-order valence-electron chi connectivity index (χ4n) is 4.55. The number of nitrogens with one attached hydrogen (secondary N) is 1. The second kappa shape index (κ2) is 9.84. The van der Waals surface area contributed by atoms with Crippen molar-refractivity contribution in [1.29, 1.82) is 0 Å². The quantitative estimate of drug-likeness (QED) is 0.389. The lowest BCUT2D eigenvalue weighted by atomic mass is 9.92. The molecule has 0 radical (unpaired) electrons. The molecule has 1 fully saturated rings. The third kappa shape index (κ3) is 5.66. The minimum absolute atomic E-state index is 0.144. The number of aryl methyl sites for hydroxylation is 1. The molecule has 0 saturated carbocycles. The molecule has 1 amide bonds. The molecule has 2 atom stereocenters. The highest BCUT2D eigenvalue weighted by molar-refractivity contribution is 7.13. The predicted molar refractivity (Wildman–Crippen MR) is 125 cm³/mol. The van der Waals surface area contributed by atoms with Crippen LogP contribution in [0.5, 0.6) is 0 Å². The van der Waals surface area contributed by atoms with Crippen LogP contribution in [0.2, 0.25) is 0 Å². The van der Waals surface area contributed by atoms with Gasteiger partial charge in [0.05, 0.1) is 22.2 Å². The Morgan fingerprint density at radius 1 is 1.33 bits per heavy atom. The summed E-state index contributed by atoms with van der Waals surface area (Å²) in [6, 6.07) is 4.04. The molecule has 11 heteroatoms. The van der Waals surface area contributed by atoms with Gasteiger partial charge in [0.15, 0.2) is 10.7 Å². The Kier molecular flexibility index (Phi) is 6.89. The van der Waals surface area contributed by atoms with Gasteiger partial charge in [-0.25, -0.2) is 9.78 Å². The molecule has 1 aliphatic heterocycles. The third-order valence-electron chi connectivity index (χ3n) is 5.78. The van der Waals surface area contributed by atoms with Crippen molar-refractivity contribution < 1.29 is 14.1 Å². The Balaban J connectivity index is 1.28. The van der Waals surface area contributed by atoms with E-state index in [0.29, 0.717) is 28.9 Å². The highest BCUT2D eigenvalue weighted by Crippen LogP contribution is 2.24. The number of rotatable bonds is 8. The maximum atomic E-state index is 12.4. The molecule has 0 aliphatic carbocycles. The maximum Gasteiger partial charge on any atom is 0.419 e. The number of nitro groups is 1. The van der Waals surface area contributed by atoms with Crippen molar-refractivity contribution in [2.24, 2.45) is 11.8 Å². The molecule has 1 saturated heterocycles. The molecule has 2 aromatic heterocycles. The van der Waals surface area contributed by atoms with E-state index in [1.807, 2.05) is 5.38 Å². The van der Waals surface area contributed by atoms with E-state index in [2.05, 4.69) is 29.0 Å². The number of likely N-dealkylation sites (tertiary alicyclic amines) is 1. The molecule has 176 valence electrons. The number of anilines is 1. The Bertz CT molecular complexity index is 1210. The summed E-state index contributed by atoms with van der Waals surface area (Å²) in [4.78, 5) is 41.8. The Morgan fingerprint density at radius 2 is 2.09 bits per heavy atom. The summed E-state index contributed by atoms with van der Waals surface area (Å²) in [7, 11) is 0. The van der Waals surface area contributed by atoms with E-state index in [4.69, 9.17) is 4.42 Å². The second-order valence-corrected chi connectivity index (χ2v) is 9.72. The largest absolute Gasteiger partial charge is 0.419 e. The van der Waals surface area contributed by atoms with E-state index >= 15 is 0 Å². The van der Waals surface area contributed by atoms with Gasteiger partial charge in [0.1, 0.15) is 0 Å². The highest BCUT2D eigenvalue weighted by atomic mass is 32.1. The van der Waals surface area contributed by atoms with Crippen molar-refractivity contribution in [3.8, 4) is 0 Å². The highest BCUT2D eigenvalue weighted by Gasteiger charge is 2.22. The molecule has 3 heterocycles. The van der Waals surface area contributed by atoms with Gasteiger partial charge in [0.25, 0.3) is 5.69 Å². The SMILES string of the molecule is C[C@@H]1C[C@@H](C)CN(Cc2csc(NC(=O)CCCn3c(=O)oc4cc([N+](=O)[O-])ccc43)n2)C1. The van der Waals surface area contributed by atoms with Crippen molar-refractivity contribution in [2.45, 2.75) is 46.2 Å². The molecular weight excluding hydrogens is 446 g/mol. The summed E-state index contributed by atoms with van der Waals surface area (Å²) in [5, 5.41) is 16.3. The lowest BCUT2D eigenvalue weighted by Crippen LogP contribution is -2.38. The topological polar surface area (TPSA) is 124 Å². The number of non-ortho nitro benzene ring substituents is 1. The number of carbonyl (C=O) groups is 1. The van der Waals surface area contributed by atoms with Gasteiger partial charge in [-0.05, 0) is 30.7 Å². The average molecular weight is 474 g/mol. The molecule has 33 heavy (non-hydrogen) atoms. The van der Waals surface area contributed by atoms with Crippen molar-refractivity contribution in [1.82, 2.24) is 14.5 Å². The standard InChI is InChI=1S/C22H27N5O5S/c1-14-8-15(2)11-25(10-14)12-16-13-33-21(23-16)24-20(28)4-3-7-26-18-6-5-17(27(30)31)9-19(18)32-22(26)29/h5-6,9,13-15H,3-4,7-8,10-12H2,1-2H3,(H,23,24,28)/t14-,15-/m1/s1. The number of benzene rings is 1. The monoisotopic (exact) mass is 473 g/mol. The number of nitrogens with zero attached hydrogens (tertiary/aromatic N) is 4. The first-order valence-electron chi connectivity index (χ1n) is 11.0. The molecule has 4 rings (SSSR count). The first-order valence-corrected chi connectivity index (χ1v) is 11.9. The Labute approximate surface area is 194 Å². The van der Waals surface area contributed by atoms with Crippen LogP contribution in [-0.4, -0.2) is 38.4 Å². The zero-order valence-corrected chi connectivity index (χ0v) is 19.5. The number of hydrogen-bond donors (Lipinski definition) is 1. The van der Waals surface area contributed by atoms with Crippen LogP contribution in [0.25, 0.3) is 11.1 Å². The van der Waals surface area contributed by atoms with E-state index in [-0.39, 0.29) is 30.1 Å². The van der Waals surface area contributed by atoms with Gasteiger partial charge in [-0.3, -0.25) is 24.4 Å². The molecule has 1 aromatic carbocycles. The molecule has 1 aliphatic rings. The van der Waals surface area contributed by atoms with E-state index < -0.39 is 10.7 Å². The lowest BCUT2D eigenvalue weighted by molar-refractivity contribution is -0.384. The van der Waals surface area contributed by atoms with Crippen molar-refractivity contribution >= 4 is 39.2 Å². The number of piperidine rings is 1. The van der Waals surface area contributed by atoms with Gasteiger partial charge in [-0.1, -0.05) is 13.8 Å². The van der Waals surface area contributed by atoms with Crippen LogP contribution >= 0.6 is 11.3 Å². The van der Waals surface area contributed by atoms with E-state index in [9.17, 15) is 19.7 Å². The Morgan fingerprint density at radius 3 is 2.82 bits per heavy atom. The van der Waals surface area contributed by atoms with Crippen LogP contribution in [0.1, 0.15) is 38.8 Å². The van der Waals surface area contributed by atoms with Gasteiger partial charge in [0.2, 0.25) is 5.91 Å².